The fourth-order valence-electron chi connectivity index (χ4n) is 1.69. The minimum absolute atomic E-state index is 0.137. The predicted octanol–water partition coefficient (Wildman–Crippen LogP) is 0.394. The molecule has 0 amide bonds. The Kier molecular flexibility index (Phi) is 3.87. The average Bonchev–Trinajstić information content (AvgIpc) is 2.39. The highest BCUT2D eigenvalue weighted by molar-refractivity contribution is 5.86. The van der Waals surface area contributed by atoms with Gasteiger partial charge in [0.2, 0.25) is 5.88 Å². The Bertz CT molecular complexity index is 391. The summed E-state index contributed by atoms with van der Waals surface area (Å²) in [5.74, 6) is -0.131. The van der Waals surface area contributed by atoms with E-state index in [0.717, 1.165) is 25.9 Å². The molecule has 0 aromatic carbocycles. The average molecular weight is 237 g/mol. The molecule has 0 bridgehead atoms. The third-order valence-electron chi connectivity index (χ3n) is 2.58. The summed E-state index contributed by atoms with van der Waals surface area (Å²) in [6.45, 7) is 1.88. The van der Waals surface area contributed by atoms with Crippen molar-refractivity contribution in [2.24, 2.45) is 0 Å². The molecule has 0 spiro atoms. The molecule has 1 fully saturated rings. The van der Waals surface area contributed by atoms with Gasteiger partial charge in [0.15, 0.2) is 5.69 Å². The van der Waals surface area contributed by atoms with Crippen LogP contribution in [0.1, 0.15) is 23.3 Å². The molecule has 0 radical (unpaired) electrons. The topological polar surface area (TPSA) is 73.3 Å². The Balaban J connectivity index is 2.02. The number of methoxy groups -OCH3 is 1. The van der Waals surface area contributed by atoms with Crippen molar-refractivity contribution in [2.45, 2.75) is 18.9 Å². The lowest BCUT2D eigenvalue weighted by Gasteiger charge is -2.23. The Morgan fingerprint density at radius 2 is 2.18 bits per heavy atom. The van der Waals surface area contributed by atoms with E-state index in [9.17, 15) is 4.79 Å². The molecular weight excluding hydrogens is 222 g/mol. The minimum Gasteiger partial charge on any atom is -0.473 e. The smallest absolute Gasteiger partial charge is 0.358 e. The summed E-state index contributed by atoms with van der Waals surface area (Å²) < 4.78 is 10.2. The molecule has 17 heavy (non-hydrogen) atoms. The largest absolute Gasteiger partial charge is 0.473 e. The fourth-order valence-corrected chi connectivity index (χ4v) is 1.69. The normalized spacial score (nSPS) is 16.5. The lowest BCUT2D eigenvalue weighted by molar-refractivity contribution is 0.0590. The van der Waals surface area contributed by atoms with Crippen molar-refractivity contribution in [3.63, 3.8) is 0 Å². The van der Waals surface area contributed by atoms with E-state index in [1.54, 1.807) is 0 Å². The number of ether oxygens (including phenoxy) is 2. The second-order valence-corrected chi connectivity index (χ2v) is 3.80. The summed E-state index contributed by atoms with van der Waals surface area (Å²) >= 11 is 0. The van der Waals surface area contributed by atoms with Crippen molar-refractivity contribution in [2.75, 3.05) is 20.2 Å². The van der Waals surface area contributed by atoms with E-state index in [2.05, 4.69) is 20.0 Å². The Morgan fingerprint density at radius 3 is 2.88 bits per heavy atom. The summed E-state index contributed by atoms with van der Waals surface area (Å²) in [5, 5.41) is 3.25. The van der Waals surface area contributed by atoms with Crippen LogP contribution in [0.5, 0.6) is 5.88 Å². The summed E-state index contributed by atoms with van der Waals surface area (Å²) in [6.07, 6.45) is 4.88. The highest BCUT2D eigenvalue weighted by atomic mass is 16.5. The summed E-state index contributed by atoms with van der Waals surface area (Å²) in [5.41, 5.74) is 0.166. The SMILES string of the molecule is COC(=O)c1cncc(OC2CCNCC2)n1. The molecule has 6 heteroatoms. The zero-order valence-corrected chi connectivity index (χ0v) is 9.68. The van der Waals surface area contributed by atoms with Gasteiger partial charge in [0.05, 0.1) is 19.5 Å². The van der Waals surface area contributed by atoms with E-state index < -0.39 is 5.97 Å². The number of hydrogen-bond donors (Lipinski definition) is 1. The van der Waals surface area contributed by atoms with Gasteiger partial charge in [-0.05, 0) is 25.9 Å². The van der Waals surface area contributed by atoms with Gasteiger partial charge in [-0.2, -0.15) is 0 Å². The highest BCUT2D eigenvalue weighted by Crippen LogP contribution is 2.13. The second-order valence-electron chi connectivity index (χ2n) is 3.80. The molecule has 0 atom stereocenters. The van der Waals surface area contributed by atoms with Gasteiger partial charge in [0.25, 0.3) is 0 Å². The van der Waals surface area contributed by atoms with Crippen LogP contribution in [-0.2, 0) is 4.74 Å². The molecule has 2 heterocycles. The first-order valence-electron chi connectivity index (χ1n) is 5.57. The van der Waals surface area contributed by atoms with Gasteiger partial charge in [0, 0.05) is 0 Å². The van der Waals surface area contributed by atoms with Crippen LogP contribution in [0.2, 0.25) is 0 Å². The molecule has 92 valence electrons. The number of hydrogen-bond acceptors (Lipinski definition) is 6. The van der Waals surface area contributed by atoms with Crippen molar-refractivity contribution in [1.29, 1.82) is 0 Å². The maximum absolute atomic E-state index is 11.3. The van der Waals surface area contributed by atoms with Crippen LogP contribution in [0.15, 0.2) is 12.4 Å². The third-order valence-corrected chi connectivity index (χ3v) is 2.58. The summed E-state index contributed by atoms with van der Waals surface area (Å²) in [7, 11) is 1.31. The lowest BCUT2D eigenvalue weighted by atomic mass is 10.1. The predicted molar refractivity (Wildman–Crippen MR) is 59.9 cm³/mol. The van der Waals surface area contributed by atoms with Gasteiger partial charge < -0.3 is 14.8 Å². The van der Waals surface area contributed by atoms with Crippen molar-refractivity contribution in [3.8, 4) is 5.88 Å². The maximum Gasteiger partial charge on any atom is 0.358 e. The number of carbonyl (C=O) groups is 1. The molecule has 2 rings (SSSR count). The van der Waals surface area contributed by atoms with Crippen LogP contribution in [-0.4, -0.2) is 42.2 Å². The van der Waals surface area contributed by atoms with Gasteiger partial charge in [-0.3, -0.25) is 4.98 Å². The van der Waals surface area contributed by atoms with E-state index in [4.69, 9.17) is 4.74 Å². The number of carbonyl (C=O) groups excluding carboxylic acids is 1. The molecule has 1 aliphatic rings. The molecule has 6 nitrogen and oxygen atoms in total. The second kappa shape index (κ2) is 5.58. The van der Waals surface area contributed by atoms with Gasteiger partial charge in [-0.25, -0.2) is 9.78 Å². The molecule has 1 aliphatic heterocycles. The zero-order chi connectivity index (χ0) is 12.1. The number of piperidine rings is 1. The fraction of sp³-hybridized carbons (Fsp3) is 0.545. The molecule has 0 saturated carbocycles. The van der Waals surface area contributed by atoms with Crippen molar-refractivity contribution < 1.29 is 14.3 Å². The third kappa shape index (κ3) is 3.13. The number of nitrogens with one attached hydrogen (secondary N) is 1. The van der Waals surface area contributed by atoms with E-state index in [0.29, 0.717) is 5.88 Å². The van der Waals surface area contributed by atoms with E-state index in [1.165, 1.54) is 19.5 Å². The van der Waals surface area contributed by atoms with Crippen LogP contribution >= 0.6 is 0 Å². The Hall–Kier alpha value is -1.69. The minimum atomic E-state index is -0.506. The summed E-state index contributed by atoms with van der Waals surface area (Å²) in [4.78, 5) is 19.2. The maximum atomic E-state index is 11.3. The van der Waals surface area contributed by atoms with Crippen LogP contribution in [0, 0.1) is 0 Å². The summed E-state index contributed by atoms with van der Waals surface area (Å²) in [6, 6.07) is 0. The van der Waals surface area contributed by atoms with Crippen LogP contribution in [0.25, 0.3) is 0 Å². The Morgan fingerprint density at radius 1 is 1.41 bits per heavy atom. The number of nitrogens with zero attached hydrogens (tertiary/aromatic N) is 2. The number of esters is 1. The highest BCUT2D eigenvalue weighted by Gasteiger charge is 2.16. The molecule has 0 aliphatic carbocycles. The van der Waals surface area contributed by atoms with E-state index >= 15 is 0 Å². The quantitative estimate of drug-likeness (QED) is 0.767. The molecule has 1 saturated heterocycles. The van der Waals surface area contributed by atoms with E-state index in [-0.39, 0.29) is 11.8 Å². The van der Waals surface area contributed by atoms with Crippen LogP contribution < -0.4 is 10.1 Å². The molecule has 0 unspecified atom stereocenters. The van der Waals surface area contributed by atoms with Crippen molar-refractivity contribution >= 4 is 5.97 Å². The van der Waals surface area contributed by atoms with Gasteiger partial charge in [0.1, 0.15) is 6.10 Å². The van der Waals surface area contributed by atoms with Crippen molar-refractivity contribution in [1.82, 2.24) is 15.3 Å². The molecular formula is C11H15N3O3. The van der Waals surface area contributed by atoms with Crippen molar-refractivity contribution in [3.05, 3.63) is 18.1 Å². The van der Waals surface area contributed by atoms with Gasteiger partial charge in [-0.1, -0.05) is 0 Å². The molecule has 1 N–H and O–H groups in total. The van der Waals surface area contributed by atoms with E-state index in [1.807, 2.05) is 0 Å². The number of rotatable bonds is 3. The first kappa shape index (κ1) is 11.8. The first-order chi connectivity index (χ1) is 8.29. The molecule has 1 aromatic rings. The monoisotopic (exact) mass is 237 g/mol. The van der Waals surface area contributed by atoms with Crippen LogP contribution in [0.4, 0.5) is 0 Å². The molecule has 1 aromatic heterocycles. The first-order valence-corrected chi connectivity index (χ1v) is 5.57. The van der Waals surface area contributed by atoms with Gasteiger partial charge in [-0.15, -0.1) is 0 Å². The number of aromatic nitrogens is 2. The zero-order valence-electron chi connectivity index (χ0n) is 9.68. The van der Waals surface area contributed by atoms with Crippen LogP contribution in [0.3, 0.4) is 0 Å². The van der Waals surface area contributed by atoms with Gasteiger partial charge >= 0.3 is 5.97 Å². The standard InChI is InChI=1S/C11H15N3O3/c1-16-11(15)9-6-13-7-10(14-9)17-8-2-4-12-5-3-8/h6-8,12H,2-5H2,1H3. The Labute approximate surface area is 99.4 Å². The lowest BCUT2D eigenvalue weighted by Crippen LogP contribution is -2.34.